The Kier molecular flexibility index (Phi) is 2.37. The summed E-state index contributed by atoms with van der Waals surface area (Å²) < 4.78 is 1.10. The zero-order valence-electron chi connectivity index (χ0n) is 10.1. The van der Waals surface area contributed by atoms with Crippen LogP contribution >= 0.6 is 15.9 Å². The second-order valence-corrected chi connectivity index (χ2v) is 6.36. The molecule has 1 atom stereocenters. The highest BCUT2D eigenvalue weighted by molar-refractivity contribution is 9.10. The van der Waals surface area contributed by atoms with Crippen molar-refractivity contribution in [3.05, 3.63) is 40.1 Å². The average molecular weight is 303 g/mol. The Morgan fingerprint density at radius 2 is 2.11 bits per heavy atom. The maximum absolute atomic E-state index is 4.73. The smallest absolute Gasteiger partial charge is 0.114 e. The number of hydrogen-bond acceptors (Lipinski definition) is 1. The van der Waals surface area contributed by atoms with Crippen LogP contribution in [0.5, 0.6) is 0 Å². The Hall–Kier alpha value is -1.09. The van der Waals surface area contributed by atoms with Crippen LogP contribution in [0.25, 0.3) is 11.0 Å². The summed E-state index contributed by atoms with van der Waals surface area (Å²) in [6.45, 7) is 0. The number of benzene rings is 1. The van der Waals surface area contributed by atoms with Crippen molar-refractivity contribution in [2.45, 2.75) is 31.6 Å². The molecule has 1 saturated carbocycles. The first kappa shape index (κ1) is 10.8. The topological polar surface area (TPSA) is 28.7 Å². The first-order chi connectivity index (χ1) is 8.79. The lowest BCUT2D eigenvalue weighted by atomic mass is 10.1. The zero-order valence-corrected chi connectivity index (χ0v) is 11.7. The van der Waals surface area contributed by atoms with Gasteiger partial charge in [0.15, 0.2) is 0 Å². The van der Waals surface area contributed by atoms with E-state index in [4.69, 9.17) is 4.98 Å². The fraction of sp³-hybridized carbons (Fsp3) is 0.400. The molecule has 2 aliphatic rings. The minimum atomic E-state index is 0.506. The van der Waals surface area contributed by atoms with E-state index in [1.54, 1.807) is 5.57 Å². The van der Waals surface area contributed by atoms with E-state index < -0.39 is 0 Å². The Labute approximate surface area is 115 Å². The molecule has 0 aliphatic heterocycles. The van der Waals surface area contributed by atoms with Gasteiger partial charge in [0.25, 0.3) is 0 Å². The molecule has 1 heterocycles. The summed E-state index contributed by atoms with van der Waals surface area (Å²) in [7, 11) is 0. The van der Waals surface area contributed by atoms with E-state index in [1.165, 1.54) is 25.7 Å². The zero-order chi connectivity index (χ0) is 12.1. The van der Waals surface area contributed by atoms with Crippen molar-refractivity contribution >= 4 is 27.0 Å². The first-order valence-electron chi connectivity index (χ1n) is 6.65. The van der Waals surface area contributed by atoms with Gasteiger partial charge in [-0.25, -0.2) is 4.98 Å². The van der Waals surface area contributed by atoms with Gasteiger partial charge < -0.3 is 4.98 Å². The number of fused-ring (bicyclic) bond motifs is 1. The molecule has 0 unspecified atom stereocenters. The Bertz CT molecular complexity index is 637. The van der Waals surface area contributed by atoms with Crippen LogP contribution in [0.1, 0.15) is 37.4 Å². The Morgan fingerprint density at radius 3 is 2.94 bits per heavy atom. The summed E-state index contributed by atoms with van der Waals surface area (Å²) in [5, 5.41) is 0. The largest absolute Gasteiger partial charge is 0.341 e. The summed E-state index contributed by atoms with van der Waals surface area (Å²) in [5.74, 6) is 2.55. The normalized spacial score (nSPS) is 23.6. The van der Waals surface area contributed by atoms with Crippen LogP contribution in [0.3, 0.4) is 0 Å². The van der Waals surface area contributed by atoms with Crippen molar-refractivity contribution in [1.82, 2.24) is 9.97 Å². The molecule has 1 aromatic heterocycles. The molecule has 0 amide bonds. The van der Waals surface area contributed by atoms with E-state index in [9.17, 15) is 0 Å². The fourth-order valence-electron chi connectivity index (χ4n) is 2.93. The molecule has 1 N–H and O–H groups in total. The standard InChI is InChI=1S/C15H15BrN2/c16-12-5-6-13-14(8-12)18-15(17-13)11-4-3-10(7-11)9-1-2-9/h5-9,11H,1-4H2,(H,17,18)/t11-/m0/s1. The van der Waals surface area contributed by atoms with Crippen LogP contribution in [-0.4, -0.2) is 9.97 Å². The number of nitrogens with zero attached hydrogens (tertiary/aromatic N) is 1. The van der Waals surface area contributed by atoms with Gasteiger partial charge in [-0.3, -0.25) is 0 Å². The molecule has 92 valence electrons. The minimum absolute atomic E-state index is 0.506. The van der Waals surface area contributed by atoms with Gasteiger partial charge in [0, 0.05) is 10.4 Å². The molecule has 0 saturated heterocycles. The van der Waals surface area contributed by atoms with Gasteiger partial charge in [0.05, 0.1) is 11.0 Å². The summed E-state index contributed by atoms with van der Waals surface area (Å²) in [6.07, 6.45) is 7.78. The van der Waals surface area contributed by atoms with E-state index in [0.29, 0.717) is 5.92 Å². The maximum Gasteiger partial charge on any atom is 0.114 e. The van der Waals surface area contributed by atoms with Gasteiger partial charge in [-0.1, -0.05) is 27.6 Å². The molecule has 3 heteroatoms. The van der Waals surface area contributed by atoms with Crippen molar-refractivity contribution in [1.29, 1.82) is 0 Å². The van der Waals surface area contributed by atoms with Gasteiger partial charge in [0.2, 0.25) is 0 Å². The number of allylic oxidation sites excluding steroid dienone is 2. The van der Waals surface area contributed by atoms with E-state index in [1.807, 2.05) is 6.07 Å². The molecular formula is C15H15BrN2. The van der Waals surface area contributed by atoms with Crippen molar-refractivity contribution < 1.29 is 0 Å². The van der Waals surface area contributed by atoms with Crippen LogP contribution < -0.4 is 0 Å². The molecule has 2 aliphatic carbocycles. The number of imidazole rings is 1. The molecule has 0 bridgehead atoms. The summed E-state index contributed by atoms with van der Waals surface area (Å²) in [5.41, 5.74) is 3.88. The number of rotatable bonds is 2. The van der Waals surface area contributed by atoms with Crippen molar-refractivity contribution in [2.75, 3.05) is 0 Å². The monoisotopic (exact) mass is 302 g/mol. The summed E-state index contributed by atoms with van der Waals surface area (Å²) in [4.78, 5) is 8.20. The molecule has 0 radical (unpaired) electrons. The van der Waals surface area contributed by atoms with Crippen molar-refractivity contribution in [3.8, 4) is 0 Å². The highest BCUT2D eigenvalue weighted by Crippen LogP contribution is 2.45. The number of halogens is 1. The minimum Gasteiger partial charge on any atom is -0.341 e. The molecule has 18 heavy (non-hydrogen) atoms. The van der Waals surface area contributed by atoms with Crippen LogP contribution in [0.15, 0.2) is 34.3 Å². The van der Waals surface area contributed by atoms with Crippen molar-refractivity contribution in [2.24, 2.45) is 5.92 Å². The molecule has 0 spiro atoms. The number of hydrogen-bond donors (Lipinski definition) is 1. The number of aromatic amines is 1. The van der Waals surface area contributed by atoms with E-state index in [0.717, 1.165) is 27.2 Å². The predicted molar refractivity (Wildman–Crippen MR) is 76.6 cm³/mol. The highest BCUT2D eigenvalue weighted by atomic mass is 79.9. The lowest BCUT2D eigenvalue weighted by Gasteiger charge is -2.00. The Morgan fingerprint density at radius 1 is 1.22 bits per heavy atom. The van der Waals surface area contributed by atoms with Gasteiger partial charge in [-0.05, 0) is 49.8 Å². The second kappa shape index (κ2) is 3.95. The fourth-order valence-corrected chi connectivity index (χ4v) is 3.30. The lowest BCUT2D eigenvalue weighted by molar-refractivity contribution is 0.743. The van der Waals surface area contributed by atoms with Crippen LogP contribution in [-0.2, 0) is 0 Å². The lowest BCUT2D eigenvalue weighted by Crippen LogP contribution is -1.92. The average Bonchev–Trinajstić information content (AvgIpc) is 2.95. The molecule has 2 aromatic rings. The third kappa shape index (κ3) is 1.81. The van der Waals surface area contributed by atoms with E-state index >= 15 is 0 Å². The number of nitrogens with one attached hydrogen (secondary N) is 1. The second-order valence-electron chi connectivity index (χ2n) is 5.44. The Balaban J connectivity index is 1.70. The van der Waals surface area contributed by atoms with E-state index in [-0.39, 0.29) is 0 Å². The number of aromatic nitrogens is 2. The maximum atomic E-state index is 4.73. The molecule has 1 fully saturated rings. The van der Waals surface area contributed by atoms with Gasteiger partial charge >= 0.3 is 0 Å². The summed E-state index contributed by atoms with van der Waals surface area (Å²) >= 11 is 3.50. The van der Waals surface area contributed by atoms with Crippen molar-refractivity contribution in [3.63, 3.8) is 0 Å². The molecule has 4 rings (SSSR count). The number of H-pyrrole nitrogens is 1. The van der Waals surface area contributed by atoms with E-state index in [2.05, 4.69) is 39.1 Å². The molecular weight excluding hydrogens is 288 g/mol. The van der Waals surface area contributed by atoms with Gasteiger partial charge in [0.1, 0.15) is 5.82 Å². The predicted octanol–water partition coefficient (Wildman–Crippen LogP) is 4.54. The quantitative estimate of drug-likeness (QED) is 0.811. The van der Waals surface area contributed by atoms with Gasteiger partial charge in [-0.2, -0.15) is 0 Å². The molecule has 2 nitrogen and oxygen atoms in total. The first-order valence-corrected chi connectivity index (χ1v) is 7.44. The third-order valence-electron chi connectivity index (χ3n) is 4.07. The van der Waals surface area contributed by atoms with Crippen LogP contribution in [0.4, 0.5) is 0 Å². The summed E-state index contributed by atoms with van der Waals surface area (Å²) in [6, 6.07) is 6.22. The van der Waals surface area contributed by atoms with Crippen LogP contribution in [0.2, 0.25) is 0 Å². The molecule has 1 aromatic carbocycles. The van der Waals surface area contributed by atoms with Crippen LogP contribution in [0, 0.1) is 5.92 Å². The highest BCUT2D eigenvalue weighted by Gasteiger charge is 2.31. The SMILES string of the molecule is Brc1ccc2nc([C@@H]3C=C(C4CC4)CC3)[nH]c2c1. The third-order valence-corrected chi connectivity index (χ3v) is 4.57. The van der Waals surface area contributed by atoms with Gasteiger partial charge in [-0.15, -0.1) is 0 Å².